The summed E-state index contributed by atoms with van der Waals surface area (Å²) in [6.45, 7) is 0.570. The number of hydrazine groups is 1. The standard InChI is InChI=1S/C12H15FN2O2/c1-16-5-4-10(15-14)12-7-8-6-9(13)2-3-11(8)17-12/h2-3,6-7,10,15H,4-5,14H2,1H3. The van der Waals surface area contributed by atoms with E-state index in [9.17, 15) is 4.39 Å². The SMILES string of the molecule is COCCC(NN)c1cc2cc(F)ccc2o1. The molecule has 1 unspecified atom stereocenters. The van der Waals surface area contributed by atoms with Crippen molar-refractivity contribution in [3.8, 4) is 0 Å². The van der Waals surface area contributed by atoms with Crippen LogP contribution in [0.1, 0.15) is 18.2 Å². The number of methoxy groups -OCH3 is 1. The number of nitrogens with two attached hydrogens (primary N) is 1. The largest absolute Gasteiger partial charge is 0.459 e. The molecule has 4 nitrogen and oxygen atoms in total. The zero-order valence-corrected chi connectivity index (χ0v) is 9.57. The van der Waals surface area contributed by atoms with Crippen LogP contribution in [0.25, 0.3) is 11.0 Å². The van der Waals surface area contributed by atoms with Gasteiger partial charge in [-0.15, -0.1) is 0 Å². The van der Waals surface area contributed by atoms with Gasteiger partial charge in [0.2, 0.25) is 0 Å². The molecule has 2 rings (SSSR count). The molecule has 0 amide bonds. The van der Waals surface area contributed by atoms with Crippen molar-refractivity contribution in [1.29, 1.82) is 0 Å². The minimum atomic E-state index is -0.279. The summed E-state index contributed by atoms with van der Waals surface area (Å²) < 4.78 is 23.6. The van der Waals surface area contributed by atoms with E-state index in [1.807, 2.05) is 0 Å². The van der Waals surface area contributed by atoms with Crippen LogP contribution in [0.5, 0.6) is 0 Å². The summed E-state index contributed by atoms with van der Waals surface area (Å²) in [6.07, 6.45) is 0.690. The van der Waals surface area contributed by atoms with Crippen molar-refractivity contribution < 1.29 is 13.5 Å². The molecule has 2 aromatic rings. The van der Waals surface area contributed by atoms with Gasteiger partial charge in [-0.1, -0.05) is 0 Å². The van der Waals surface area contributed by atoms with E-state index in [0.717, 1.165) is 5.39 Å². The highest BCUT2D eigenvalue weighted by atomic mass is 19.1. The maximum absolute atomic E-state index is 13.0. The first-order chi connectivity index (χ1) is 8.24. The molecule has 0 aliphatic carbocycles. The lowest BCUT2D eigenvalue weighted by Gasteiger charge is -2.11. The average Bonchev–Trinajstić information content (AvgIpc) is 2.72. The van der Waals surface area contributed by atoms with E-state index in [2.05, 4.69) is 5.43 Å². The lowest BCUT2D eigenvalue weighted by atomic mass is 10.1. The first-order valence-corrected chi connectivity index (χ1v) is 5.38. The third-order valence-corrected chi connectivity index (χ3v) is 2.65. The number of halogens is 1. The van der Waals surface area contributed by atoms with E-state index in [1.165, 1.54) is 12.1 Å². The van der Waals surface area contributed by atoms with Crippen molar-refractivity contribution >= 4 is 11.0 Å². The van der Waals surface area contributed by atoms with Gasteiger partial charge in [0, 0.05) is 19.1 Å². The van der Waals surface area contributed by atoms with E-state index >= 15 is 0 Å². The number of fused-ring (bicyclic) bond motifs is 1. The molecule has 0 bridgehead atoms. The van der Waals surface area contributed by atoms with Gasteiger partial charge in [-0.25, -0.2) is 9.82 Å². The number of furan rings is 1. The minimum Gasteiger partial charge on any atom is -0.459 e. The first-order valence-electron chi connectivity index (χ1n) is 5.38. The zero-order chi connectivity index (χ0) is 12.3. The fraction of sp³-hybridized carbons (Fsp3) is 0.333. The Labute approximate surface area is 98.5 Å². The van der Waals surface area contributed by atoms with Crippen LogP contribution in [-0.2, 0) is 4.74 Å². The third kappa shape index (κ3) is 2.63. The summed E-state index contributed by atoms with van der Waals surface area (Å²) in [5, 5.41) is 0.734. The summed E-state index contributed by atoms with van der Waals surface area (Å²) in [7, 11) is 1.63. The fourth-order valence-corrected chi connectivity index (χ4v) is 1.75. The molecule has 0 saturated heterocycles. The number of hydrogen-bond acceptors (Lipinski definition) is 4. The quantitative estimate of drug-likeness (QED) is 0.618. The van der Waals surface area contributed by atoms with Crippen LogP contribution in [0.2, 0.25) is 0 Å². The third-order valence-electron chi connectivity index (χ3n) is 2.65. The van der Waals surface area contributed by atoms with Crippen LogP contribution in [0.15, 0.2) is 28.7 Å². The van der Waals surface area contributed by atoms with E-state index in [0.29, 0.717) is 24.4 Å². The van der Waals surface area contributed by atoms with Gasteiger partial charge in [-0.05, 0) is 30.7 Å². The first kappa shape index (κ1) is 12.0. The zero-order valence-electron chi connectivity index (χ0n) is 9.57. The Hall–Kier alpha value is -1.43. The van der Waals surface area contributed by atoms with Gasteiger partial charge in [-0.2, -0.15) is 0 Å². The second-order valence-electron chi connectivity index (χ2n) is 3.83. The predicted molar refractivity (Wildman–Crippen MR) is 62.7 cm³/mol. The molecule has 0 saturated carbocycles. The molecule has 1 aromatic carbocycles. The van der Waals surface area contributed by atoms with Crippen LogP contribution >= 0.6 is 0 Å². The Balaban J connectivity index is 2.27. The molecule has 0 aliphatic heterocycles. The Morgan fingerprint density at radius 2 is 2.29 bits per heavy atom. The molecule has 1 heterocycles. The van der Waals surface area contributed by atoms with Crippen molar-refractivity contribution in [2.45, 2.75) is 12.5 Å². The molecular formula is C12H15FN2O2. The van der Waals surface area contributed by atoms with Crippen molar-refractivity contribution in [3.05, 3.63) is 35.8 Å². The molecule has 5 heteroatoms. The van der Waals surface area contributed by atoms with E-state index in [1.54, 1.807) is 19.2 Å². The molecule has 0 radical (unpaired) electrons. The lowest BCUT2D eigenvalue weighted by molar-refractivity contribution is 0.179. The summed E-state index contributed by atoms with van der Waals surface area (Å²) in [6, 6.07) is 6.07. The molecule has 1 atom stereocenters. The van der Waals surface area contributed by atoms with Crippen LogP contribution in [0, 0.1) is 5.82 Å². The van der Waals surface area contributed by atoms with Crippen molar-refractivity contribution in [1.82, 2.24) is 5.43 Å². The monoisotopic (exact) mass is 238 g/mol. The van der Waals surface area contributed by atoms with Crippen LogP contribution in [0.4, 0.5) is 4.39 Å². The molecule has 1 aromatic heterocycles. The summed E-state index contributed by atoms with van der Waals surface area (Å²) >= 11 is 0. The Kier molecular flexibility index (Phi) is 3.73. The topological polar surface area (TPSA) is 60.4 Å². The molecular weight excluding hydrogens is 223 g/mol. The fourth-order valence-electron chi connectivity index (χ4n) is 1.75. The molecule has 17 heavy (non-hydrogen) atoms. The maximum atomic E-state index is 13.0. The van der Waals surface area contributed by atoms with Gasteiger partial charge in [-0.3, -0.25) is 5.84 Å². The maximum Gasteiger partial charge on any atom is 0.134 e. The summed E-state index contributed by atoms with van der Waals surface area (Å²) in [5.41, 5.74) is 3.31. The number of rotatable bonds is 5. The van der Waals surface area contributed by atoms with Crippen LogP contribution < -0.4 is 11.3 Å². The van der Waals surface area contributed by atoms with E-state index in [4.69, 9.17) is 15.0 Å². The highest BCUT2D eigenvalue weighted by Gasteiger charge is 2.14. The predicted octanol–water partition coefficient (Wildman–Crippen LogP) is 2.11. The molecule has 0 fully saturated rings. The number of benzene rings is 1. The van der Waals surface area contributed by atoms with Gasteiger partial charge in [0.25, 0.3) is 0 Å². The van der Waals surface area contributed by atoms with E-state index in [-0.39, 0.29) is 11.9 Å². The highest BCUT2D eigenvalue weighted by molar-refractivity contribution is 5.78. The summed E-state index contributed by atoms with van der Waals surface area (Å²) in [4.78, 5) is 0. The number of hydrogen-bond donors (Lipinski definition) is 2. The van der Waals surface area contributed by atoms with E-state index < -0.39 is 0 Å². The average molecular weight is 238 g/mol. The molecule has 0 spiro atoms. The second kappa shape index (κ2) is 5.27. The summed E-state index contributed by atoms with van der Waals surface area (Å²) in [5.74, 6) is 5.86. The van der Waals surface area contributed by atoms with Crippen LogP contribution in [-0.4, -0.2) is 13.7 Å². The Morgan fingerprint density at radius 3 is 3.00 bits per heavy atom. The minimum absolute atomic E-state index is 0.134. The Bertz CT molecular complexity index is 498. The van der Waals surface area contributed by atoms with Crippen LogP contribution in [0.3, 0.4) is 0 Å². The van der Waals surface area contributed by atoms with Crippen molar-refractivity contribution in [3.63, 3.8) is 0 Å². The van der Waals surface area contributed by atoms with Crippen molar-refractivity contribution in [2.24, 2.45) is 5.84 Å². The van der Waals surface area contributed by atoms with Gasteiger partial charge in [0.15, 0.2) is 0 Å². The Morgan fingerprint density at radius 1 is 1.47 bits per heavy atom. The smallest absolute Gasteiger partial charge is 0.134 e. The number of ether oxygens (including phenoxy) is 1. The molecule has 92 valence electrons. The van der Waals surface area contributed by atoms with Gasteiger partial charge >= 0.3 is 0 Å². The van der Waals surface area contributed by atoms with Crippen molar-refractivity contribution in [2.75, 3.05) is 13.7 Å². The highest BCUT2D eigenvalue weighted by Crippen LogP contribution is 2.25. The van der Waals surface area contributed by atoms with Gasteiger partial charge in [0.05, 0.1) is 6.04 Å². The normalized spacial score (nSPS) is 13.1. The second-order valence-corrected chi connectivity index (χ2v) is 3.83. The molecule has 3 N–H and O–H groups in total. The van der Waals surface area contributed by atoms with Gasteiger partial charge < -0.3 is 9.15 Å². The lowest BCUT2D eigenvalue weighted by Crippen LogP contribution is -2.28. The van der Waals surface area contributed by atoms with Gasteiger partial charge in [0.1, 0.15) is 17.2 Å². The molecule has 0 aliphatic rings. The number of nitrogens with one attached hydrogen (secondary N) is 1.